The summed E-state index contributed by atoms with van der Waals surface area (Å²) in [5.41, 5.74) is -11.1. The molecule has 3 aliphatic rings. The van der Waals surface area contributed by atoms with E-state index in [0.29, 0.717) is 6.07 Å². The van der Waals surface area contributed by atoms with Crippen molar-refractivity contribution in [3.8, 4) is 0 Å². The summed E-state index contributed by atoms with van der Waals surface area (Å²) < 4.78 is 153. The molecule has 2 unspecified atom stereocenters. The molecule has 2 aliphatic heterocycles. The van der Waals surface area contributed by atoms with Gasteiger partial charge in [0.05, 0.1) is 16.9 Å². The molecule has 1 saturated carbocycles. The Balaban J connectivity index is 1.68. The van der Waals surface area contributed by atoms with Crippen LogP contribution in [0.4, 0.5) is 45.2 Å². The van der Waals surface area contributed by atoms with Crippen molar-refractivity contribution in [3.05, 3.63) is 59.4 Å². The number of amides is 1. The number of carboxylic acids is 1. The van der Waals surface area contributed by atoms with Gasteiger partial charge in [0.2, 0.25) is 0 Å². The first kappa shape index (κ1) is 33.9. The van der Waals surface area contributed by atoms with Crippen molar-refractivity contribution in [2.75, 3.05) is 25.0 Å². The zero-order valence-corrected chi connectivity index (χ0v) is 24.7. The second-order valence-electron chi connectivity index (χ2n) is 12.0. The molecule has 2 aromatic carbocycles. The molecule has 1 saturated heterocycles. The number of alkyl halides is 8. The van der Waals surface area contributed by atoms with Crippen molar-refractivity contribution in [2.24, 2.45) is 5.92 Å². The van der Waals surface area contributed by atoms with Gasteiger partial charge in [-0.05, 0) is 68.0 Å². The van der Waals surface area contributed by atoms with Gasteiger partial charge in [-0.25, -0.2) is 21.6 Å². The molecule has 2 heterocycles. The van der Waals surface area contributed by atoms with E-state index in [1.54, 1.807) is 0 Å². The average Bonchev–Trinajstić information content (AvgIpc) is 3.36. The summed E-state index contributed by atoms with van der Waals surface area (Å²) in [5, 5.41) is 9.28. The Kier molecular flexibility index (Phi) is 7.93. The molecule has 1 aliphatic carbocycles. The highest BCUT2D eigenvalue weighted by atomic mass is 32.2. The Morgan fingerprint density at radius 1 is 0.913 bits per heavy atom. The molecule has 1 amide bonds. The smallest absolute Gasteiger partial charge is 0.435 e. The molecule has 252 valence electrons. The molecular weight excluding hydrogens is 659 g/mol. The molecule has 0 bridgehead atoms. The zero-order chi connectivity index (χ0) is 34.3. The number of likely N-dealkylation sites (tertiary alicyclic amines) is 1. The molecule has 2 fully saturated rings. The van der Waals surface area contributed by atoms with E-state index in [1.165, 1.54) is 7.05 Å². The molecular formula is C29H27F9N2O5S. The van der Waals surface area contributed by atoms with Gasteiger partial charge in [-0.2, -0.15) is 26.3 Å². The summed E-state index contributed by atoms with van der Waals surface area (Å²) in [4.78, 5) is 26.7. The standard InChI is InChI=1S/C29H27F9N2O5S/c1-39-15-22-26(46(44,45)19-5-3-18(30)4-6-19,12-13-40(22)24(43)25(31)10-8-16(9-11-25)23(41)42)20-7-2-17(14-21(20)39)27(32,28(33,34)35)29(36,37)38/h2-7,14,16,22H,8-13,15H2,1H3,(H,41,42). The number of hydrogen-bond donors (Lipinski definition) is 1. The van der Waals surface area contributed by atoms with Crippen LogP contribution in [-0.4, -0.2) is 74.5 Å². The van der Waals surface area contributed by atoms with E-state index in [4.69, 9.17) is 0 Å². The first-order valence-electron chi connectivity index (χ1n) is 14.0. The Hall–Kier alpha value is -3.50. The lowest BCUT2D eigenvalue weighted by Gasteiger charge is -2.47. The molecule has 1 N–H and O–H groups in total. The topological polar surface area (TPSA) is 95.0 Å². The lowest BCUT2D eigenvalue weighted by atomic mass is 9.78. The van der Waals surface area contributed by atoms with E-state index in [9.17, 15) is 53.8 Å². The van der Waals surface area contributed by atoms with Crippen LogP contribution in [0, 0.1) is 11.7 Å². The fraction of sp³-hybridized carbons (Fsp3) is 0.517. The van der Waals surface area contributed by atoms with Crippen LogP contribution in [-0.2, 0) is 29.8 Å². The van der Waals surface area contributed by atoms with Gasteiger partial charge in [0.1, 0.15) is 10.6 Å². The number of carbonyl (C=O) groups excluding carboxylic acids is 1. The minimum absolute atomic E-state index is 0.177. The summed E-state index contributed by atoms with van der Waals surface area (Å²) in [6.45, 7) is -0.946. The van der Waals surface area contributed by atoms with Crippen LogP contribution in [0.25, 0.3) is 0 Å². The van der Waals surface area contributed by atoms with E-state index in [2.05, 4.69) is 0 Å². The number of carbonyl (C=O) groups is 2. The van der Waals surface area contributed by atoms with E-state index < -0.39 is 116 Å². The van der Waals surface area contributed by atoms with Crippen molar-refractivity contribution in [3.63, 3.8) is 0 Å². The van der Waals surface area contributed by atoms with Gasteiger partial charge in [-0.15, -0.1) is 0 Å². The number of hydrogen-bond acceptors (Lipinski definition) is 5. The number of rotatable bonds is 5. The second-order valence-corrected chi connectivity index (χ2v) is 14.2. The Bertz CT molecular complexity index is 1640. The van der Waals surface area contributed by atoms with Crippen LogP contribution in [0.5, 0.6) is 0 Å². The van der Waals surface area contributed by atoms with Gasteiger partial charge in [0.15, 0.2) is 15.5 Å². The molecule has 0 aromatic heterocycles. The molecule has 0 spiro atoms. The van der Waals surface area contributed by atoms with E-state index in [1.807, 2.05) is 0 Å². The SMILES string of the molecule is CN1CC2N(C(=O)C3(F)CCC(C(=O)O)CC3)CCC2(S(=O)(=O)c2ccc(F)cc2)c2ccc(C(F)(C(F)(F)F)C(F)(F)F)cc21. The predicted octanol–water partition coefficient (Wildman–Crippen LogP) is 5.82. The van der Waals surface area contributed by atoms with Crippen LogP contribution >= 0.6 is 0 Å². The largest absolute Gasteiger partial charge is 0.481 e. The fourth-order valence-corrected chi connectivity index (χ4v) is 9.30. The van der Waals surface area contributed by atoms with Crippen molar-refractivity contribution in [1.29, 1.82) is 0 Å². The maximum Gasteiger partial charge on any atom is 0.435 e. The third-order valence-electron chi connectivity index (χ3n) is 9.50. The maximum atomic E-state index is 16.2. The highest BCUT2D eigenvalue weighted by Gasteiger charge is 2.74. The maximum absolute atomic E-state index is 16.2. The normalized spacial score (nSPS) is 27.3. The summed E-state index contributed by atoms with van der Waals surface area (Å²) in [5.74, 6) is -4.02. The lowest BCUT2D eigenvalue weighted by Crippen LogP contribution is -2.60. The molecule has 7 nitrogen and oxygen atoms in total. The number of sulfone groups is 1. The predicted molar refractivity (Wildman–Crippen MR) is 143 cm³/mol. The summed E-state index contributed by atoms with van der Waals surface area (Å²) in [6, 6.07) is 3.07. The highest BCUT2D eigenvalue weighted by Crippen LogP contribution is 2.58. The van der Waals surface area contributed by atoms with Gasteiger partial charge < -0.3 is 14.9 Å². The third-order valence-corrected chi connectivity index (χ3v) is 12.1. The Morgan fingerprint density at radius 3 is 2.00 bits per heavy atom. The van der Waals surface area contributed by atoms with Gasteiger partial charge in [-0.1, -0.05) is 12.1 Å². The van der Waals surface area contributed by atoms with Gasteiger partial charge in [0.25, 0.3) is 5.91 Å². The van der Waals surface area contributed by atoms with Crippen molar-refractivity contribution in [2.45, 2.75) is 71.5 Å². The monoisotopic (exact) mass is 686 g/mol. The van der Waals surface area contributed by atoms with Crippen molar-refractivity contribution >= 4 is 27.4 Å². The van der Waals surface area contributed by atoms with Crippen molar-refractivity contribution < 1.29 is 62.6 Å². The van der Waals surface area contributed by atoms with Gasteiger partial charge in [0, 0.05) is 31.4 Å². The Morgan fingerprint density at radius 2 is 1.48 bits per heavy atom. The molecule has 46 heavy (non-hydrogen) atoms. The highest BCUT2D eigenvalue weighted by molar-refractivity contribution is 7.92. The quantitative estimate of drug-likeness (QED) is 0.315. The minimum atomic E-state index is -6.45. The molecule has 17 heteroatoms. The number of anilines is 1. The van der Waals surface area contributed by atoms with Crippen LogP contribution < -0.4 is 4.90 Å². The summed E-state index contributed by atoms with van der Waals surface area (Å²) in [6.07, 6.45) is -14.7. The number of halogens is 9. The average molecular weight is 687 g/mol. The second kappa shape index (κ2) is 10.8. The first-order chi connectivity index (χ1) is 21.1. The third kappa shape index (κ3) is 4.82. The van der Waals surface area contributed by atoms with Crippen LogP contribution in [0.3, 0.4) is 0 Å². The van der Waals surface area contributed by atoms with Crippen LogP contribution in [0.1, 0.15) is 43.2 Å². The van der Waals surface area contributed by atoms with Gasteiger partial charge in [-0.3, -0.25) is 9.59 Å². The molecule has 0 radical (unpaired) electrons. The van der Waals surface area contributed by atoms with E-state index >= 15 is 8.78 Å². The summed E-state index contributed by atoms with van der Waals surface area (Å²) >= 11 is 0. The summed E-state index contributed by atoms with van der Waals surface area (Å²) in [7, 11) is -3.60. The number of fused-ring (bicyclic) bond motifs is 3. The number of likely N-dealkylation sites (N-methyl/N-ethyl adjacent to an activating group) is 1. The van der Waals surface area contributed by atoms with E-state index in [0.717, 1.165) is 34.1 Å². The molecule has 5 rings (SSSR count). The number of carboxylic acid groups (broad SMARTS) is 1. The van der Waals surface area contributed by atoms with Crippen molar-refractivity contribution in [1.82, 2.24) is 4.90 Å². The molecule has 2 aromatic rings. The number of aliphatic carboxylic acids is 1. The first-order valence-corrected chi connectivity index (χ1v) is 15.5. The fourth-order valence-electron chi connectivity index (χ4n) is 7.01. The molecule has 2 atom stereocenters. The van der Waals surface area contributed by atoms with Gasteiger partial charge >= 0.3 is 24.0 Å². The van der Waals surface area contributed by atoms with Crippen LogP contribution in [0.15, 0.2) is 47.4 Å². The minimum Gasteiger partial charge on any atom is -0.481 e. The van der Waals surface area contributed by atoms with E-state index in [-0.39, 0.29) is 30.5 Å². The van der Waals surface area contributed by atoms with Crippen LogP contribution in [0.2, 0.25) is 0 Å². The zero-order valence-electron chi connectivity index (χ0n) is 23.9. The lowest BCUT2D eigenvalue weighted by molar-refractivity contribution is -0.348. The number of nitrogens with zero attached hydrogens (tertiary/aromatic N) is 2. The number of benzene rings is 2. The Labute approximate surface area is 256 Å².